The molecule has 7 nitrogen and oxygen atoms in total. The molecule has 0 amide bonds. The summed E-state index contributed by atoms with van der Waals surface area (Å²) in [5, 5.41) is 0. The molecule has 0 aliphatic rings. The van der Waals surface area contributed by atoms with Crippen LogP contribution >= 0.6 is 0 Å². The molecule has 1 aromatic heterocycles. The van der Waals surface area contributed by atoms with Gasteiger partial charge in [0.2, 0.25) is 0 Å². The fourth-order valence-electron chi connectivity index (χ4n) is 8.59. The average molecular weight is 889 g/mol. The van der Waals surface area contributed by atoms with Crippen LogP contribution in [0.4, 0.5) is 0 Å². The van der Waals surface area contributed by atoms with E-state index in [0.29, 0.717) is 37.9 Å². The number of imidazole rings is 1. The quantitative estimate of drug-likeness (QED) is 0.0480. The minimum Gasteiger partial charge on any atom is -0.465 e. The smallest absolute Gasteiger partial charge is 0.305 e. The summed E-state index contributed by atoms with van der Waals surface area (Å²) in [5.74, 6) is 2.18. The van der Waals surface area contributed by atoms with Crippen molar-refractivity contribution in [1.29, 1.82) is 0 Å². The van der Waals surface area contributed by atoms with Crippen molar-refractivity contribution in [2.24, 2.45) is 11.8 Å². The van der Waals surface area contributed by atoms with Gasteiger partial charge in [0.25, 0.3) is 0 Å². The molecule has 0 bridgehead atoms. The van der Waals surface area contributed by atoms with Crippen molar-refractivity contribution in [3.05, 3.63) is 18.2 Å². The number of ether oxygens (including phenoxy) is 2. The minimum absolute atomic E-state index is 0.00371. The Morgan fingerprint density at radius 3 is 1.27 bits per heavy atom. The van der Waals surface area contributed by atoms with Gasteiger partial charge < -0.3 is 18.9 Å². The zero-order chi connectivity index (χ0) is 46.3. The van der Waals surface area contributed by atoms with Crippen LogP contribution in [0.2, 0.25) is 0 Å². The molecule has 2 unspecified atom stereocenters. The molecule has 1 rings (SSSR count). The molecule has 2 atom stereocenters. The van der Waals surface area contributed by atoms with Gasteiger partial charge in [0.15, 0.2) is 0 Å². The number of hydrogen-bond donors (Lipinski definition) is 0. The van der Waals surface area contributed by atoms with Gasteiger partial charge in [0, 0.05) is 31.8 Å². The number of hydrogen-bond acceptors (Lipinski definition) is 6. The van der Waals surface area contributed by atoms with Crippen LogP contribution in [0.1, 0.15) is 279 Å². The molecule has 0 aromatic carbocycles. The van der Waals surface area contributed by atoms with Gasteiger partial charge in [0.05, 0.1) is 13.2 Å². The van der Waals surface area contributed by atoms with Crippen molar-refractivity contribution in [3.63, 3.8) is 0 Å². The van der Waals surface area contributed by atoms with Gasteiger partial charge >= 0.3 is 11.9 Å². The Bertz CT molecular complexity index is 1090. The lowest BCUT2D eigenvalue weighted by Gasteiger charge is -2.22. The Hall–Kier alpha value is -1.89. The lowest BCUT2D eigenvalue weighted by molar-refractivity contribution is -0.146. The molecule has 0 aliphatic carbocycles. The number of carbonyl (C=O) groups is 2. The van der Waals surface area contributed by atoms with Crippen molar-refractivity contribution in [1.82, 2.24) is 14.5 Å². The third-order valence-corrected chi connectivity index (χ3v) is 13.1. The van der Waals surface area contributed by atoms with E-state index in [4.69, 9.17) is 9.47 Å². The normalized spacial score (nSPS) is 12.3. The standard InChI is InChI=1S/C52H99N3O4.C4H10/c1-6-10-13-16-20-27-35-49(34-9-4)46-58-51(56)38-29-22-18-24-31-41-54(43-33-44-55-45-40-53-48(55)5)42-32-25-19-23-30-39-52(57)59-47-50(36-26-15-12-8-3)37-28-21-17-14-11-7-2;1-3-4-2/h40,45,49-50H,6-39,41-44,46-47H2,1-5H3;3-4H2,1-2H3. The molecule has 0 spiro atoms. The molecular formula is C56H109N3O4. The molecule has 0 fully saturated rings. The summed E-state index contributed by atoms with van der Waals surface area (Å²) >= 11 is 0. The molecule has 0 radical (unpaired) electrons. The second-order valence-electron chi connectivity index (χ2n) is 19.2. The second-order valence-corrected chi connectivity index (χ2v) is 19.2. The number of unbranched alkanes of at least 4 members (excludes halogenated alkanes) is 22. The Kier molecular flexibility index (Phi) is 46.6. The van der Waals surface area contributed by atoms with Crippen molar-refractivity contribution in [3.8, 4) is 0 Å². The van der Waals surface area contributed by atoms with Gasteiger partial charge in [-0.15, -0.1) is 0 Å². The third kappa shape index (κ3) is 41.3. The van der Waals surface area contributed by atoms with Crippen LogP contribution in [0.15, 0.2) is 12.4 Å². The third-order valence-electron chi connectivity index (χ3n) is 13.1. The van der Waals surface area contributed by atoms with Crippen LogP contribution in [-0.2, 0) is 25.6 Å². The van der Waals surface area contributed by atoms with E-state index >= 15 is 0 Å². The molecule has 0 saturated heterocycles. The fraction of sp³-hybridized carbons (Fsp3) is 0.911. The van der Waals surface area contributed by atoms with E-state index in [9.17, 15) is 9.59 Å². The molecule has 7 heteroatoms. The Morgan fingerprint density at radius 1 is 0.476 bits per heavy atom. The maximum atomic E-state index is 12.6. The lowest BCUT2D eigenvalue weighted by Crippen LogP contribution is -2.28. The van der Waals surface area contributed by atoms with Crippen molar-refractivity contribution < 1.29 is 19.1 Å². The van der Waals surface area contributed by atoms with Crippen LogP contribution in [-0.4, -0.2) is 59.2 Å². The molecule has 0 saturated carbocycles. The van der Waals surface area contributed by atoms with Gasteiger partial charge in [-0.1, -0.05) is 202 Å². The predicted molar refractivity (Wildman–Crippen MR) is 273 cm³/mol. The zero-order valence-electron chi connectivity index (χ0n) is 43.5. The van der Waals surface area contributed by atoms with E-state index in [1.807, 2.05) is 6.20 Å². The second kappa shape index (κ2) is 48.1. The highest BCUT2D eigenvalue weighted by Gasteiger charge is 2.14. The van der Waals surface area contributed by atoms with Crippen molar-refractivity contribution in [2.75, 3.05) is 32.8 Å². The van der Waals surface area contributed by atoms with Gasteiger partial charge in [-0.3, -0.25) is 9.59 Å². The molecule has 63 heavy (non-hydrogen) atoms. The van der Waals surface area contributed by atoms with Gasteiger partial charge in [-0.05, 0) is 96.2 Å². The van der Waals surface area contributed by atoms with Gasteiger partial charge in [-0.25, -0.2) is 4.98 Å². The van der Waals surface area contributed by atoms with E-state index in [0.717, 1.165) is 64.1 Å². The maximum absolute atomic E-state index is 12.6. The Labute approximate surface area is 393 Å². The van der Waals surface area contributed by atoms with E-state index < -0.39 is 0 Å². The SMILES string of the molecule is CCCC.CCCCCCCCC(CCC)COC(=O)CCCCCCCN(CCCCCCCC(=O)OCC(CCCCCC)CCCCCCCC)CCCn1ccnc1C. The van der Waals surface area contributed by atoms with E-state index in [1.165, 1.54) is 186 Å². The van der Waals surface area contributed by atoms with E-state index in [2.05, 4.69) is 69.1 Å². The van der Waals surface area contributed by atoms with Crippen molar-refractivity contribution in [2.45, 2.75) is 286 Å². The summed E-state index contributed by atoms with van der Waals surface area (Å²) in [6.07, 6.45) is 47.3. The summed E-state index contributed by atoms with van der Waals surface area (Å²) in [4.78, 5) is 32.2. The van der Waals surface area contributed by atoms with Crippen LogP contribution in [0, 0.1) is 18.8 Å². The highest BCUT2D eigenvalue weighted by Crippen LogP contribution is 2.21. The predicted octanol–water partition coefficient (Wildman–Crippen LogP) is 17.0. The number of esters is 2. The first-order valence-electron chi connectivity index (χ1n) is 27.9. The molecule has 0 aliphatic heterocycles. The number of rotatable bonds is 46. The summed E-state index contributed by atoms with van der Waals surface area (Å²) in [7, 11) is 0. The zero-order valence-corrected chi connectivity index (χ0v) is 43.5. The number of nitrogens with zero attached hydrogens (tertiary/aromatic N) is 3. The molecule has 0 N–H and O–H groups in total. The maximum Gasteiger partial charge on any atom is 0.305 e. The average Bonchev–Trinajstić information content (AvgIpc) is 3.70. The Balaban J connectivity index is 0.00000918. The van der Waals surface area contributed by atoms with E-state index in [-0.39, 0.29) is 11.9 Å². The highest BCUT2D eigenvalue weighted by atomic mass is 16.5. The highest BCUT2D eigenvalue weighted by molar-refractivity contribution is 5.69. The first-order valence-corrected chi connectivity index (χ1v) is 27.9. The monoisotopic (exact) mass is 888 g/mol. The lowest BCUT2D eigenvalue weighted by atomic mass is 9.95. The Morgan fingerprint density at radius 2 is 0.857 bits per heavy atom. The first-order chi connectivity index (χ1) is 30.8. The molecule has 1 heterocycles. The van der Waals surface area contributed by atoms with Crippen LogP contribution in [0.25, 0.3) is 0 Å². The minimum atomic E-state index is 0.00371. The summed E-state index contributed by atoms with van der Waals surface area (Å²) in [6, 6.07) is 0. The van der Waals surface area contributed by atoms with Crippen LogP contribution in [0.3, 0.4) is 0 Å². The largest absolute Gasteiger partial charge is 0.465 e. The summed E-state index contributed by atoms with van der Waals surface area (Å²) in [6.45, 7) is 21.2. The first kappa shape index (κ1) is 61.1. The van der Waals surface area contributed by atoms with Crippen molar-refractivity contribution >= 4 is 11.9 Å². The van der Waals surface area contributed by atoms with Crippen LogP contribution < -0.4 is 0 Å². The molecule has 1 aromatic rings. The van der Waals surface area contributed by atoms with Crippen LogP contribution in [0.5, 0.6) is 0 Å². The van der Waals surface area contributed by atoms with Gasteiger partial charge in [0.1, 0.15) is 5.82 Å². The number of aryl methyl sites for hydroxylation is 2. The topological polar surface area (TPSA) is 73.7 Å². The summed E-state index contributed by atoms with van der Waals surface area (Å²) in [5.41, 5.74) is 0. The van der Waals surface area contributed by atoms with E-state index in [1.54, 1.807) is 0 Å². The molecule has 372 valence electrons. The van der Waals surface area contributed by atoms with Gasteiger partial charge in [-0.2, -0.15) is 0 Å². The molecular weight excluding hydrogens is 779 g/mol. The fourth-order valence-corrected chi connectivity index (χ4v) is 8.59. The number of carbonyl (C=O) groups excluding carboxylic acids is 2. The number of aromatic nitrogens is 2. The summed E-state index contributed by atoms with van der Waals surface area (Å²) < 4.78 is 13.8.